The number of aromatic nitrogens is 3. The molecule has 2 heterocycles. The van der Waals surface area contributed by atoms with E-state index in [0.29, 0.717) is 11.4 Å². The number of anilines is 2. The van der Waals surface area contributed by atoms with Crippen molar-refractivity contribution in [1.29, 1.82) is 0 Å². The average molecular weight is 461 g/mol. The fourth-order valence-corrected chi connectivity index (χ4v) is 4.09. The predicted octanol–water partition coefficient (Wildman–Crippen LogP) is 6.69. The molecule has 0 aliphatic heterocycles. The Morgan fingerprint density at radius 3 is 2.21 bits per heavy atom. The third-order valence-corrected chi connectivity index (χ3v) is 5.80. The number of hydrogen-bond donors (Lipinski definition) is 1. The van der Waals surface area contributed by atoms with Gasteiger partial charge in [-0.3, -0.25) is 0 Å². The Morgan fingerprint density at radius 2 is 1.55 bits per heavy atom. The van der Waals surface area contributed by atoms with E-state index in [-0.39, 0.29) is 11.6 Å². The molecule has 2 aromatic heterocycles. The van der Waals surface area contributed by atoms with Gasteiger partial charge in [-0.15, -0.1) is 11.3 Å². The van der Waals surface area contributed by atoms with E-state index in [9.17, 15) is 8.78 Å². The fraction of sp³-hybridized carbons (Fsp3) is 0.0400. The predicted molar refractivity (Wildman–Crippen MR) is 126 cm³/mol. The number of halogens is 2. The van der Waals surface area contributed by atoms with Gasteiger partial charge in [0.15, 0.2) is 5.13 Å². The zero-order valence-electron chi connectivity index (χ0n) is 17.5. The lowest BCUT2D eigenvalue weighted by atomic mass is 10.1. The van der Waals surface area contributed by atoms with E-state index in [0.717, 1.165) is 33.4 Å². The number of benzene rings is 3. The standard InChI is InChI=1S/C25H18F2N4OS/c1-32-21-12-8-19(9-13-21)28-25-29-23(15-33-25)22-14-31(20-10-6-18(27)7-11-20)30-24(22)16-2-4-17(26)5-3-16/h2-15H,1H3,(H,28,29). The Bertz CT molecular complexity index is 1380. The monoisotopic (exact) mass is 460 g/mol. The topological polar surface area (TPSA) is 52.0 Å². The molecular formula is C25H18F2N4OS. The molecular weight excluding hydrogens is 442 g/mol. The molecule has 0 fully saturated rings. The molecule has 0 aliphatic carbocycles. The van der Waals surface area contributed by atoms with E-state index in [1.54, 1.807) is 36.1 Å². The summed E-state index contributed by atoms with van der Waals surface area (Å²) in [5, 5.41) is 10.6. The van der Waals surface area contributed by atoms with Crippen molar-refractivity contribution in [2.24, 2.45) is 0 Å². The highest BCUT2D eigenvalue weighted by Crippen LogP contribution is 2.35. The van der Waals surface area contributed by atoms with Crippen LogP contribution in [-0.4, -0.2) is 21.9 Å². The number of rotatable bonds is 6. The van der Waals surface area contributed by atoms with Gasteiger partial charge in [0.2, 0.25) is 0 Å². The van der Waals surface area contributed by atoms with Crippen molar-refractivity contribution in [3.63, 3.8) is 0 Å². The third kappa shape index (κ3) is 4.47. The van der Waals surface area contributed by atoms with E-state index >= 15 is 0 Å². The summed E-state index contributed by atoms with van der Waals surface area (Å²) < 4.78 is 33.8. The lowest BCUT2D eigenvalue weighted by Gasteiger charge is -2.04. The quantitative estimate of drug-likeness (QED) is 0.307. The SMILES string of the molecule is COc1ccc(Nc2nc(-c3cn(-c4ccc(F)cc4)nc3-c3ccc(F)cc3)cs2)cc1. The van der Waals surface area contributed by atoms with Gasteiger partial charge in [-0.05, 0) is 72.8 Å². The smallest absolute Gasteiger partial charge is 0.187 e. The Morgan fingerprint density at radius 1 is 0.879 bits per heavy atom. The third-order valence-electron chi connectivity index (χ3n) is 5.04. The van der Waals surface area contributed by atoms with Crippen LogP contribution in [0, 0.1) is 11.6 Å². The largest absolute Gasteiger partial charge is 0.497 e. The fourth-order valence-electron chi connectivity index (χ4n) is 3.36. The first kappa shape index (κ1) is 20.8. The number of methoxy groups -OCH3 is 1. The van der Waals surface area contributed by atoms with Gasteiger partial charge in [-0.1, -0.05) is 0 Å². The molecule has 1 N–H and O–H groups in total. The van der Waals surface area contributed by atoms with Gasteiger partial charge >= 0.3 is 0 Å². The Labute approximate surface area is 192 Å². The summed E-state index contributed by atoms with van der Waals surface area (Å²) in [5.74, 6) is 0.133. The summed E-state index contributed by atoms with van der Waals surface area (Å²) in [5.41, 5.74) is 4.51. The molecule has 0 bridgehead atoms. The highest BCUT2D eigenvalue weighted by molar-refractivity contribution is 7.14. The maximum absolute atomic E-state index is 13.5. The summed E-state index contributed by atoms with van der Waals surface area (Å²) in [6, 6.07) is 19.8. The van der Waals surface area contributed by atoms with Gasteiger partial charge in [0.1, 0.15) is 23.1 Å². The zero-order valence-corrected chi connectivity index (χ0v) is 18.3. The Balaban J connectivity index is 1.52. The van der Waals surface area contributed by atoms with Crippen molar-refractivity contribution in [1.82, 2.24) is 14.8 Å². The summed E-state index contributed by atoms with van der Waals surface area (Å²) in [7, 11) is 1.63. The number of nitrogens with one attached hydrogen (secondary N) is 1. The first-order valence-corrected chi connectivity index (χ1v) is 11.0. The molecule has 5 rings (SSSR count). The van der Waals surface area contributed by atoms with Crippen molar-refractivity contribution in [2.75, 3.05) is 12.4 Å². The number of thiazole rings is 1. The van der Waals surface area contributed by atoms with Gasteiger partial charge in [-0.2, -0.15) is 5.10 Å². The number of nitrogens with zero attached hydrogens (tertiary/aromatic N) is 3. The average Bonchev–Trinajstić information content (AvgIpc) is 3.48. The second-order valence-corrected chi connectivity index (χ2v) is 8.07. The molecule has 0 radical (unpaired) electrons. The van der Waals surface area contributed by atoms with Crippen LogP contribution in [0.2, 0.25) is 0 Å². The van der Waals surface area contributed by atoms with Gasteiger partial charge in [0, 0.05) is 28.4 Å². The van der Waals surface area contributed by atoms with Crippen LogP contribution >= 0.6 is 11.3 Å². The van der Waals surface area contributed by atoms with Crippen LogP contribution in [0.4, 0.5) is 19.6 Å². The minimum absolute atomic E-state index is 0.321. The first-order chi connectivity index (χ1) is 16.1. The highest BCUT2D eigenvalue weighted by atomic mass is 32.1. The molecule has 0 saturated heterocycles. The normalized spacial score (nSPS) is 10.9. The molecule has 3 aromatic carbocycles. The van der Waals surface area contributed by atoms with Crippen LogP contribution in [0.15, 0.2) is 84.4 Å². The van der Waals surface area contributed by atoms with E-state index in [1.165, 1.54) is 35.6 Å². The molecule has 0 saturated carbocycles. The summed E-state index contributed by atoms with van der Waals surface area (Å²) in [6.45, 7) is 0. The van der Waals surface area contributed by atoms with Crippen LogP contribution in [0.5, 0.6) is 5.75 Å². The number of hydrogen-bond acceptors (Lipinski definition) is 5. The maximum atomic E-state index is 13.5. The van der Waals surface area contributed by atoms with Crippen LogP contribution in [-0.2, 0) is 0 Å². The second kappa shape index (κ2) is 8.84. The van der Waals surface area contributed by atoms with Crippen LogP contribution in [0.1, 0.15) is 0 Å². The van der Waals surface area contributed by atoms with Crippen LogP contribution < -0.4 is 10.1 Å². The number of ether oxygens (including phenoxy) is 1. The zero-order chi connectivity index (χ0) is 22.8. The van der Waals surface area contributed by atoms with Crippen molar-refractivity contribution < 1.29 is 13.5 Å². The van der Waals surface area contributed by atoms with Crippen LogP contribution in [0.25, 0.3) is 28.2 Å². The first-order valence-electron chi connectivity index (χ1n) is 10.1. The molecule has 0 unspecified atom stereocenters. The van der Waals surface area contributed by atoms with Crippen molar-refractivity contribution in [3.05, 3.63) is 96.0 Å². The van der Waals surface area contributed by atoms with E-state index < -0.39 is 0 Å². The molecule has 164 valence electrons. The summed E-state index contributed by atoms with van der Waals surface area (Å²) in [4.78, 5) is 4.73. The summed E-state index contributed by atoms with van der Waals surface area (Å²) >= 11 is 1.46. The van der Waals surface area contributed by atoms with Gasteiger partial charge in [-0.25, -0.2) is 18.4 Å². The highest BCUT2D eigenvalue weighted by Gasteiger charge is 2.17. The van der Waals surface area contributed by atoms with Crippen molar-refractivity contribution in [2.45, 2.75) is 0 Å². The minimum atomic E-state index is -0.321. The van der Waals surface area contributed by atoms with Crippen LogP contribution in [0.3, 0.4) is 0 Å². The second-order valence-electron chi connectivity index (χ2n) is 7.21. The van der Waals surface area contributed by atoms with Crippen molar-refractivity contribution in [3.8, 4) is 34.0 Å². The Hall–Kier alpha value is -4.04. The molecule has 5 aromatic rings. The lowest BCUT2D eigenvalue weighted by Crippen LogP contribution is -1.94. The molecule has 0 spiro atoms. The summed E-state index contributed by atoms with van der Waals surface area (Å²) in [6.07, 6.45) is 1.85. The molecule has 8 heteroatoms. The van der Waals surface area contributed by atoms with Gasteiger partial charge in [0.25, 0.3) is 0 Å². The van der Waals surface area contributed by atoms with E-state index in [1.807, 2.05) is 35.8 Å². The maximum Gasteiger partial charge on any atom is 0.187 e. The van der Waals surface area contributed by atoms with E-state index in [4.69, 9.17) is 14.8 Å². The minimum Gasteiger partial charge on any atom is -0.497 e. The molecule has 5 nitrogen and oxygen atoms in total. The van der Waals surface area contributed by atoms with Crippen molar-refractivity contribution >= 4 is 22.2 Å². The Kier molecular flexibility index (Phi) is 5.58. The van der Waals surface area contributed by atoms with Gasteiger partial charge in [0.05, 0.1) is 18.5 Å². The molecule has 0 atom stereocenters. The van der Waals surface area contributed by atoms with E-state index in [2.05, 4.69) is 5.32 Å². The molecule has 0 amide bonds. The molecule has 33 heavy (non-hydrogen) atoms. The lowest BCUT2D eigenvalue weighted by molar-refractivity contribution is 0.415. The molecule has 0 aliphatic rings. The van der Waals surface area contributed by atoms with Gasteiger partial charge < -0.3 is 10.1 Å².